The number of carbonyl (C=O) groups excluding carboxylic acids is 2. The number of aromatic nitrogens is 2. The molecule has 0 bridgehead atoms. The number of rotatable bonds is 7. The Morgan fingerprint density at radius 3 is 2.58 bits per heavy atom. The Bertz CT molecular complexity index is 1310. The van der Waals surface area contributed by atoms with Gasteiger partial charge in [-0.2, -0.15) is 18.2 Å². The zero-order valence-electron chi connectivity index (χ0n) is 22.3. The maximum Gasteiger partial charge on any atom is 0.437 e. The molecule has 1 atom stereocenters. The summed E-state index contributed by atoms with van der Waals surface area (Å²) in [6.45, 7) is 5.69. The third-order valence-electron chi connectivity index (χ3n) is 7.32. The number of Topliss-reactive ketones (excluding diaryl/α,β-unsaturated/α-hetero) is 1. The molecule has 0 saturated carbocycles. The number of hydrogen-bond acceptors (Lipinski definition) is 8. The van der Waals surface area contributed by atoms with Crippen molar-refractivity contribution in [2.75, 3.05) is 49.1 Å². The van der Waals surface area contributed by atoms with Crippen LogP contribution in [0.2, 0.25) is 0 Å². The first-order valence-corrected chi connectivity index (χ1v) is 14.4. The summed E-state index contributed by atoms with van der Waals surface area (Å²) in [5.74, 6) is -0.446. The highest BCUT2D eigenvalue weighted by Crippen LogP contribution is 2.35. The van der Waals surface area contributed by atoms with Gasteiger partial charge in [0.1, 0.15) is 5.82 Å². The summed E-state index contributed by atoms with van der Waals surface area (Å²) < 4.78 is 46.6. The van der Waals surface area contributed by atoms with E-state index in [2.05, 4.69) is 14.9 Å². The molecule has 2 aliphatic heterocycles. The highest BCUT2D eigenvalue weighted by atomic mass is 32.1. The number of pyridine rings is 1. The molecule has 2 fully saturated rings. The SMILES string of the molecule is CC1CCCN(c2nc(C(F)(F)F)c(C(=O)Cc3ccc(N4CCCN(C(=O)Cc5cccs5)CC4)nc3)o2)C1. The molecule has 40 heavy (non-hydrogen) atoms. The van der Waals surface area contributed by atoms with E-state index in [1.54, 1.807) is 28.4 Å². The van der Waals surface area contributed by atoms with E-state index in [-0.39, 0.29) is 18.3 Å². The van der Waals surface area contributed by atoms with Crippen molar-refractivity contribution in [3.05, 3.63) is 57.7 Å². The first-order valence-electron chi connectivity index (χ1n) is 13.5. The zero-order valence-corrected chi connectivity index (χ0v) is 23.1. The van der Waals surface area contributed by atoms with Crippen LogP contribution < -0.4 is 9.80 Å². The standard InChI is InChI=1S/C28H32F3N5O3S/c1-19-5-2-9-36(18-19)27-33-26(28(29,30)31)25(39-27)22(37)15-20-7-8-23(32-17-20)34-10-4-11-35(13-12-34)24(38)16-21-6-3-14-40-21/h3,6-8,14,17,19H,2,4-5,9-13,15-16,18H2,1H3. The monoisotopic (exact) mass is 575 g/mol. The van der Waals surface area contributed by atoms with Crippen LogP contribution in [0.5, 0.6) is 0 Å². The quantitative estimate of drug-likeness (QED) is 0.363. The molecule has 0 spiro atoms. The lowest BCUT2D eigenvalue weighted by molar-refractivity contribution is -0.141. The van der Waals surface area contributed by atoms with Crippen molar-refractivity contribution in [1.29, 1.82) is 0 Å². The van der Waals surface area contributed by atoms with Gasteiger partial charge < -0.3 is 19.1 Å². The number of nitrogens with zero attached hydrogens (tertiary/aromatic N) is 5. The van der Waals surface area contributed by atoms with E-state index in [1.807, 2.05) is 29.3 Å². The summed E-state index contributed by atoms with van der Waals surface area (Å²) in [4.78, 5) is 40.5. The Morgan fingerprint density at radius 2 is 1.88 bits per heavy atom. The van der Waals surface area contributed by atoms with Crippen molar-refractivity contribution in [1.82, 2.24) is 14.9 Å². The van der Waals surface area contributed by atoms with E-state index in [0.717, 1.165) is 30.7 Å². The summed E-state index contributed by atoms with van der Waals surface area (Å²) in [6.07, 6.45) is -0.572. The molecule has 5 heterocycles. The van der Waals surface area contributed by atoms with Crippen molar-refractivity contribution in [2.24, 2.45) is 5.92 Å². The first kappa shape index (κ1) is 28.1. The second-order valence-electron chi connectivity index (χ2n) is 10.5. The number of oxazole rings is 1. The van der Waals surface area contributed by atoms with Crippen LogP contribution >= 0.6 is 11.3 Å². The van der Waals surface area contributed by atoms with Crippen LogP contribution in [-0.4, -0.2) is 65.8 Å². The molecule has 0 radical (unpaired) electrons. The van der Waals surface area contributed by atoms with Crippen molar-refractivity contribution in [3.63, 3.8) is 0 Å². The predicted octanol–water partition coefficient (Wildman–Crippen LogP) is 5.09. The second-order valence-corrected chi connectivity index (χ2v) is 11.5. The van der Waals surface area contributed by atoms with Crippen LogP contribution in [0.4, 0.5) is 25.0 Å². The lowest BCUT2D eigenvalue weighted by atomic mass is 10.0. The van der Waals surface area contributed by atoms with E-state index in [9.17, 15) is 22.8 Å². The number of amides is 1. The van der Waals surface area contributed by atoms with Gasteiger partial charge in [0.15, 0.2) is 5.69 Å². The molecular weight excluding hydrogens is 543 g/mol. The zero-order chi connectivity index (χ0) is 28.3. The van der Waals surface area contributed by atoms with E-state index < -0.39 is 23.4 Å². The first-order chi connectivity index (χ1) is 19.2. The van der Waals surface area contributed by atoms with E-state index >= 15 is 0 Å². The third kappa shape index (κ3) is 6.65. The fourth-order valence-corrected chi connectivity index (χ4v) is 5.93. The maximum atomic E-state index is 13.7. The van der Waals surface area contributed by atoms with Crippen LogP contribution in [0.3, 0.4) is 0 Å². The summed E-state index contributed by atoms with van der Waals surface area (Å²) in [5.41, 5.74) is -0.799. The Labute approximate surface area is 234 Å². The Hall–Kier alpha value is -3.41. The van der Waals surface area contributed by atoms with Crippen molar-refractivity contribution < 1.29 is 27.2 Å². The molecule has 3 aromatic rings. The van der Waals surface area contributed by atoms with Gasteiger partial charge in [0.05, 0.1) is 6.42 Å². The lowest BCUT2D eigenvalue weighted by Crippen LogP contribution is -2.36. The minimum absolute atomic E-state index is 0.106. The third-order valence-corrected chi connectivity index (χ3v) is 8.19. The number of piperidine rings is 1. The number of thiophene rings is 1. The minimum atomic E-state index is -4.80. The average Bonchev–Trinajstić information content (AvgIpc) is 3.54. The predicted molar refractivity (Wildman–Crippen MR) is 146 cm³/mol. The van der Waals surface area contributed by atoms with Crippen LogP contribution in [0.25, 0.3) is 0 Å². The highest BCUT2D eigenvalue weighted by Gasteiger charge is 2.42. The smallest absolute Gasteiger partial charge is 0.420 e. The molecular formula is C28H32F3N5O3S. The van der Waals surface area contributed by atoms with E-state index in [4.69, 9.17) is 4.42 Å². The molecule has 1 unspecified atom stereocenters. The number of carbonyl (C=O) groups is 2. The van der Waals surface area contributed by atoms with Crippen LogP contribution in [0, 0.1) is 5.92 Å². The molecule has 2 aliphatic rings. The fourth-order valence-electron chi connectivity index (χ4n) is 5.23. The molecule has 1 amide bonds. The van der Waals surface area contributed by atoms with Crippen LogP contribution in [0.1, 0.15) is 52.9 Å². The van der Waals surface area contributed by atoms with Gasteiger partial charge in [-0.1, -0.05) is 19.1 Å². The normalized spacial score (nSPS) is 18.6. The van der Waals surface area contributed by atoms with Gasteiger partial charge >= 0.3 is 6.18 Å². The van der Waals surface area contributed by atoms with Gasteiger partial charge in [0, 0.05) is 56.8 Å². The molecule has 2 saturated heterocycles. The average molecular weight is 576 g/mol. The van der Waals surface area contributed by atoms with E-state index in [1.165, 1.54) is 6.20 Å². The fraction of sp³-hybridized carbons (Fsp3) is 0.500. The Kier molecular flexibility index (Phi) is 8.43. The molecule has 12 heteroatoms. The molecule has 8 nitrogen and oxygen atoms in total. The topological polar surface area (TPSA) is 82.8 Å². The Balaban J connectivity index is 1.22. The highest BCUT2D eigenvalue weighted by molar-refractivity contribution is 7.10. The minimum Gasteiger partial charge on any atom is -0.420 e. The van der Waals surface area contributed by atoms with Crippen molar-refractivity contribution in [2.45, 2.75) is 45.2 Å². The van der Waals surface area contributed by atoms with Crippen molar-refractivity contribution in [3.8, 4) is 0 Å². The van der Waals surface area contributed by atoms with Crippen molar-refractivity contribution >= 4 is 34.9 Å². The molecule has 0 aromatic carbocycles. The second kappa shape index (κ2) is 12.0. The van der Waals surface area contributed by atoms with Crippen LogP contribution in [-0.2, 0) is 23.8 Å². The van der Waals surface area contributed by atoms with Gasteiger partial charge in [-0.3, -0.25) is 9.59 Å². The maximum absolute atomic E-state index is 13.7. The number of anilines is 2. The molecule has 214 valence electrons. The van der Waals surface area contributed by atoms with Gasteiger partial charge in [0.25, 0.3) is 6.01 Å². The van der Waals surface area contributed by atoms with Crippen LogP contribution in [0.15, 0.2) is 40.3 Å². The summed E-state index contributed by atoms with van der Waals surface area (Å²) in [7, 11) is 0. The van der Waals surface area contributed by atoms with Gasteiger partial charge in [0.2, 0.25) is 17.5 Å². The summed E-state index contributed by atoms with van der Waals surface area (Å²) in [5, 5.41) is 1.96. The molecule has 3 aromatic heterocycles. The van der Waals surface area contributed by atoms with E-state index in [0.29, 0.717) is 56.4 Å². The summed E-state index contributed by atoms with van der Waals surface area (Å²) >= 11 is 1.57. The number of hydrogen-bond donors (Lipinski definition) is 0. The number of halogens is 3. The molecule has 0 N–H and O–H groups in total. The number of alkyl halides is 3. The van der Waals surface area contributed by atoms with Gasteiger partial charge in [-0.15, -0.1) is 11.3 Å². The lowest BCUT2D eigenvalue weighted by Gasteiger charge is -2.29. The largest absolute Gasteiger partial charge is 0.437 e. The summed E-state index contributed by atoms with van der Waals surface area (Å²) in [6, 6.07) is 7.20. The van der Waals surface area contributed by atoms with Gasteiger partial charge in [-0.05, 0) is 48.3 Å². The Morgan fingerprint density at radius 1 is 1.05 bits per heavy atom. The number of ketones is 1. The van der Waals surface area contributed by atoms with Gasteiger partial charge in [-0.25, -0.2) is 4.98 Å². The molecule has 0 aliphatic carbocycles. The molecule has 5 rings (SSSR count).